The Labute approximate surface area is 209 Å². The molecule has 0 bridgehead atoms. The van der Waals surface area contributed by atoms with E-state index in [1.54, 1.807) is 12.1 Å². The maximum absolute atomic E-state index is 12.7. The largest absolute Gasteiger partial charge is 0.458 e. The van der Waals surface area contributed by atoms with Crippen molar-refractivity contribution in [1.82, 2.24) is 0 Å². The fourth-order valence-electron chi connectivity index (χ4n) is 4.80. The standard InChI is InChI=1S/C31H37N2O2/c1-23(2)28-16-11-17-29(24(3)4)30(28)33-19-18-32(22-33)27(20-25-12-7-5-8-13-25)21-35-31(34)26-14-9-6-10-15-26/h5-17,22-24,27H,18-21H2,1-4H3/q+1/t27-/m0/s1. The molecule has 0 unspecified atom stereocenters. The van der Waals surface area contributed by atoms with Crippen LogP contribution in [0.3, 0.4) is 0 Å². The van der Waals surface area contributed by atoms with Gasteiger partial charge in [0.25, 0.3) is 0 Å². The van der Waals surface area contributed by atoms with Gasteiger partial charge >= 0.3 is 5.97 Å². The first-order valence-electron chi connectivity index (χ1n) is 12.7. The monoisotopic (exact) mass is 469 g/mol. The number of benzene rings is 3. The van der Waals surface area contributed by atoms with E-state index in [9.17, 15) is 4.79 Å². The summed E-state index contributed by atoms with van der Waals surface area (Å²) >= 11 is 0. The molecule has 0 saturated carbocycles. The summed E-state index contributed by atoms with van der Waals surface area (Å²) in [5.74, 6) is 0.614. The Kier molecular flexibility index (Phi) is 8.02. The van der Waals surface area contributed by atoms with Gasteiger partial charge in [0.1, 0.15) is 31.4 Å². The van der Waals surface area contributed by atoms with E-state index < -0.39 is 0 Å². The number of para-hydroxylation sites is 1. The highest BCUT2D eigenvalue weighted by atomic mass is 16.5. The van der Waals surface area contributed by atoms with Crippen molar-refractivity contribution in [2.24, 2.45) is 0 Å². The number of rotatable bonds is 9. The Morgan fingerprint density at radius 1 is 0.857 bits per heavy atom. The average Bonchev–Trinajstić information content (AvgIpc) is 3.36. The van der Waals surface area contributed by atoms with Crippen molar-refractivity contribution in [1.29, 1.82) is 0 Å². The van der Waals surface area contributed by atoms with Crippen LogP contribution in [-0.2, 0) is 11.2 Å². The third-order valence-electron chi connectivity index (χ3n) is 6.72. The molecular formula is C31H37N2O2+. The first-order valence-corrected chi connectivity index (χ1v) is 12.7. The molecule has 0 amide bonds. The molecule has 4 rings (SSSR count). The predicted molar refractivity (Wildman–Crippen MR) is 144 cm³/mol. The third kappa shape index (κ3) is 6.00. The van der Waals surface area contributed by atoms with Gasteiger partial charge in [0.2, 0.25) is 6.34 Å². The van der Waals surface area contributed by atoms with E-state index in [-0.39, 0.29) is 12.0 Å². The molecule has 4 heteroatoms. The molecule has 1 aliphatic rings. The highest BCUT2D eigenvalue weighted by Crippen LogP contribution is 2.35. The zero-order valence-electron chi connectivity index (χ0n) is 21.4. The topological polar surface area (TPSA) is 32.5 Å². The van der Waals surface area contributed by atoms with Crippen molar-refractivity contribution in [3.63, 3.8) is 0 Å². The molecule has 0 fully saturated rings. The van der Waals surface area contributed by atoms with E-state index >= 15 is 0 Å². The van der Waals surface area contributed by atoms with Crippen molar-refractivity contribution in [3.05, 3.63) is 101 Å². The Morgan fingerprint density at radius 3 is 2.06 bits per heavy atom. The van der Waals surface area contributed by atoms with Gasteiger partial charge < -0.3 is 4.74 Å². The molecule has 3 aromatic rings. The Hall–Kier alpha value is -3.40. The zero-order valence-corrected chi connectivity index (χ0v) is 21.4. The van der Waals surface area contributed by atoms with E-state index in [0.29, 0.717) is 24.0 Å². The number of carbonyl (C=O) groups excluding carboxylic acids is 1. The van der Waals surface area contributed by atoms with E-state index in [0.717, 1.165) is 19.5 Å². The van der Waals surface area contributed by atoms with Gasteiger partial charge in [-0.1, -0.05) is 94.4 Å². The number of nitrogens with zero attached hydrogens (tertiary/aromatic N) is 2. The quantitative estimate of drug-likeness (QED) is 0.274. The lowest BCUT2D eigenvalue weighted by atomic mass is 9.92. The summed E-state index contributed by atoms with van der Waals surface area (Å²) in [6, 6.07) is 26.4. The molecule has 0 N–H and O–H groups in total. The van der Waals surface area contributed by atoms with Gasteiger partial charge in [-0.25, -0.2) is 9.69 Å². The summed E-state index contributed by atoms with van der Waals surface area (Å²) in [7, 11) is 0. The van der Waals surface area contributed by atoms with Crippen molar-refractivity contribution in [2.75, 3.05) is 24.6 Å². The lowest BCUT2D eigenvalue weighted by Crippen LogP contribution is -2.34. The van der Waals surface area contributed by atoms with Crippen LogP contribution in [-0.4, -0.2) is 42.6 Å². The number of carbonyl (C=O) groups is 1. The number of hydrogen-bond donors (Lipinski definition) is 0. The fraction of sp³-hybridized carbons (Fsp3) is 0.355. The van der Waals surface area contributed by atoms with Gasteiger partial charge in [-0.15, -0.1) is 0 Å². The van der Waals surface area contributed by atoms with E-state index in [4.69, 9.17) is 4.74 Å². The SMILES string of the molecule is CC(C)c1cccc(C(C)C)c1N1C=[N+]([C@H](COC(=O)c2ccccc2)Cc2ccccc2)CC1. The fourth-order valence-corrected chi connectivity index (χ4v) is 4.80. The van der Waals surface area contributed by atoms with E-state index in [1.165, 1.54) is 22.4 Å². The van der Waals surface area contributed by atoms with Crippen LogP contribution in [0.15, 0.2) is 78.9 Å². The molecule has 3 aromatic carbocycles. The Balaban J connectivity index is 1.61. The molecule has 1 heterocycles. The minimum Gasteiger partial charge on any atom is -0.458 e. The minimum absolute atomic E-state index is 0.0591. The number of ether oxygens (including phenoxy) is 1. The van der Waals surface area contributed by atoms with Crippen LogP contribution in [0.1, 0.15) is 66.6 Å². The smallest absolute Gasteiger partial charge is 0.338 e. The molecule has 1 atom stereocenters. The lowest BCUT2D eigenvalue weighted by Gasteiger charge is -2.21. The summed E-state index contributed by atoms with van der Waals surface area (Å²) in [6.45, 7) is 11.2. The summed E-state index contributed by atoms with van der Waals surface area (Å²) in [4.78, 5) is 15.1. The summed E-state index contributed by atoms with van der Waals surface area (Å²) in [5, 5.41) is 0. The van der Waals surface area contributed by atoms with Gasteiger partial charge in [0, 0.05) is 17.5 Å². The molecule has 0 saturated heterocycles. The molecule has 182 valence electrons. The highest BCUT2D eigenvalue weighted by molar-refractivity contribution is 5.89. The van der Waals surface area contributed by atoms with Gasteiger partial charge in [-0.05, 0) is 29.5 Å². The first kappa shape index (κ1) is 24.7. The summed E-state index contributed by atoms with van der Waals surface area (Å²) < 4.78 is 8.17. The van der Waals surface area contributed by atoms with Crippen molar-refractivity contribution >= 4 is 18.0 Å². The Bertz CT molecular complexity index is 1130. The van der Waals surface area contributed by atoms with Crippen molar-refractivity contribution in [2.45, 2.75) is 52.0 Å². The minimum atomic E-state index is -0.271. The second kappa shape index (κ2) is 11.4. The third-order valence-corrected chi connectivity index (χ3v) is 6.72. The first-order chi connectivity index (χ1) is 16.9. The summed E-state index contributed by atoms with van der Waals surface area (Å²) in [6.07, 6.45) is 3.06. The second-order valence-electron chi connectivity index (χ2n) is 9.95. The van der Waals surface area contributed by atoms with Gasteiger partial charge in [-0.3, -0.25) is 4.58 Å². The lowest BCUT2D eigenvalue weighted by molar-refractivity contribution is -0.555. The molecule has 0 radical (unpaired) electrons. The van der Waals surface area contributed by atoms with Crippen LogP contribution in [0.5, 0.6) is 0 Å². The number of hydrogen-bond acceptors (Lipinski definition) is 3. The predicted octanol–water partition coefficient (Wildman–Crippen LogP) is 6.26. The maximum Gasteiger partial charge on any atom is 0.338 e. The Morgan fingerprint density at radius 2 is 1.46 bits per heavy atom. The van der Waals surface area contributed by atoms with Crippen molar-refractivity contribution < 1.29 is 14.1 Å². The zero-order chi connectivity index (χ0) is 24.8. The number of esters is 1. The second-order valence-corrected chi connectivity index (χ2v) is 9.95. The molecule has 0 aromatic heterocycles. The molecule has 4 nitrogen and oxygen atoms in total. The molecule has 35 heavy (non-hydrogen) atoms. The van der Waals surface area contributed by atoms with E-state index in [1.807, 2.05) is 24.3 Å². The van der Waals surface area contributed by atoms with Crippen LogP contribution >= 0.6 is 0 Å². The normalized spacial score (nSPS) is 14.3. The van der Waals surface area contributed by atoms with Crippen LogP contribution in [0.2, 0.25) is 0 Å². The molecule has 1 aliphatic heterocycles. The summed E-state index contributed by atoms with van der Waals surface area (Å²) in [5.41, 5.74) is 5.92. The van der Waals surface area contributed by atoms with E-state index in [2.05, 4.69) is 86.0 Å². The molecule has 0 spiro atoms. The van der Waals surface area contributed by atoms with Gasteiger partial charge in [-0.2, -0.15) is 0 Å². The molecule has 0 aliphatic carbocycles. The van der Waals surface area contributed by atoms with Crippen LogP contribution in [0, 0.1) is 0 Å². The van der Waals surface area contributed by atoms with Crippen LogP contribution in [0.25, 0.3) is 0 Å². The van der Waals surface area contributed by atoms with Gasteiger partial charge in [0.15, 0.2) is 0 Å². The van der Waals surface area contributed by atoms with Crippen LogP contribution in [0.4, 0.5) is 5.69 Å². The average molecular weight is 470 g/mol. The van der Waals surface area contributed by atoms with Gasteiger partial charge in [0.05, 0.1) is 5.56 Å². The van der Waals surface area contributed by atoms with Crippen LogP contribution < -0.4 is 4.90 Å². The highest BCUT2D eigenvalue weighted by Gasteiger charge is 2.32. The maximum atomic E-state index is 12.7. The number of anilines is 1. The molecular weight excluding hydrogens is 432 g/mol. The van der Waals surface area contributed by atoms with Crippen molar-refractivity contribution in [3.8, 4) is 0 Å².